The van der Waals surface area contributed by atoms with Gasteiger partial charge in [0.15, 0.2) is 17.2 Å². The summed E-state index contributed by atoms with van der Waals surface area (Å²) in [6.45, 7) is 0. The Kier molecular flexibility index (Phi) is 5.84. The second-order valence-electron chi connectivity index (χ2n) is 8.83. The first kappa shape index (κ1) is 25.5. The fourth-order valence-electron chi connectivity index (χ4n) is 4.47. The zero-order chi connectivity index (χ0) is 26.9. The third-order valence-electron chi connectivity index (χ3n) is 5.96. The van der Waals surface area contributed by atoms with Crippen molar-refractivity contribution in [2.45, 2.75) is 41.7 Å². The molecule has 0 radical (unpaired) electrons. The molecule has 2 aromatic heterocycles. The van der Waals surface area contributed by atoms with Crippen LogP contribution in [0.5, 0.6) is 17.4 Å². The van der Waals surface area contributed by atoms with Gasteiger partial charge in [-0.05, 0) is 31.4 Å². The lowest BCUT2D eigenvalue weighted by Gasteiger charge is -2.67. The Morgan fingerprint density at radius 3 is 2.35 bits per heavy atom. The van der Waals surface area contributed by atoms with Gasteiger partial charge >= 0.3 is 5.69 Å². The van der Waals surface area contributed by atoms with Crippen LogP contribution < -0.4 is 20.7 Å². The van der Waals surface area contributed by atoms with Gasteiger partial charge in [0.2, 0.25) is 15.9 Å². The first-order valence-corrected chi connectivity index (χ1v) is 12.6. The summed E-state index contributed by atoms with van der Waals surface area (Å²) < 4.78 is 60.3. The molecule has 0 amide bonds. The molecule has 3 aliphatic carbocycles. The molecule has 2 heterocycles. The fraction of sp³-hybridized carbons (Fsp3) is 0.300. The van der Waals surface area contributed by atoms with E-state index in [1.807, 2.05) is 0 Å². The summed E-state index contributed by atoms with van der Waals surface area (Å²) in [4.78, 5) is 28.6. The van der Waals surface area contributed by atoms with Crippen molar-refractivity contribution in [2.75, 3.05) is 0 Å². The molecule has 196 valence electrons. The number of benzene rings is 1. The maximum absolute atomic E-state index is 13.0. The Hall–Kier alpha value is -3.11. The van der Waals surface area contributed by atoms with Crippen molar-refractivity contribution in [1.29, 1.82) is 0 Å². The Morgan fingerprint density at radius 1 is 1.16 bits per heavy atom. The minimum atomic E-state index is -4.23. The second kappa shape index (κ2) is 8.46. The number of rotatable bonds is 7. The van der Waals surface area contributed by atoms with Gasteiger partial charge in [-0.1, -0.05) is 23.2 Å². The standard InChI is InChI=1S/C20H15Cl2F2N5O7S/c21-9-1-8(29-18(32)26-17(31)14(27-29)16(23)24)2-10(22)15(9)36-13-3-12(11(30)4-25-13)37(34,35)28-19-5-20(33,6-19)7-19/h1-4,16,28,30,33H,5-7H2,(H,26,31,32). The largest absolute Gasteiger partial charge is 0.505 e. The van der Waals surface area contributed by atoms with E-state index in [1.165, 1.54) is 0 Å². The number of sulfonamides is 1. The summed E-state index contributed by atoms with van der Waals surface area (Å²) in [5, 5.41) is 22.8. The molecule has 6 rings (SSSR count). The van der Waals surface area contributed by atoms with Gasteiger partial charge < -0.3 is 14.9 Å². The molecule has 17 heteroatoms. The molecule has 37 heavy (non-hydrogen) atoms. The van der Waals surface area contributed by atoms with Gasteiger partial charge in [-0.3, -0.25) is 9.78 Å². The summed E-state index contributed by atoms with van der Waals surface area (Å²) in [6, 6.07) is 3.09. The van der Waals surface area contributed by atoms with E-state index in [1.54, 1.807) is 4.98 Å². The summed E-state index contributed by atoms with van der Waals surface area (Å²) >= 11 is 12.4. The summed E-state index contributed by atoms with van der Waals surface area (Å²) in [6.07, 6.45) is -1.64. The van der Waals surface area contributed by atoms with Crippen LogP contribution in [0, 0.1) is 0 Å². The third kappa shape index (κ3) is 4.46. The number of aromatic nitrogens is 4. The Bertz CT molecular complexity index is 1640. The monoisotopic (exact) mass is 577 g/mol. The lowest BCUT2D eigenvalue weighted by Crippen LogP contribution is -2.78. The number of aromatic amines is 1. The van der Waals surface area contributed by atoms with Crippen molar-refractivity contribution >= 4 is 33.2 Å². The summed E-state index contributed by atoms with van der Waals surface area (Å²) in [5.74, 6) is -1.23. The first-order valence-electron chi connectivity index (χ1n) is 10.4. The molecule has 0 unspecified atom stereocenters. The zero-order valence-corrected chi connectivity index (χ0v) is 20.5. The molecule has 2 bridgehead atoms. The number of hydrogen-bond acceptors (Lipinski definition) is 9. The predicted molar refractivity (Wildman–Crippen MR) is 123 cm³/mol. The van der Waals surface area contributed by atoms with Crippen molar-refractivity contribution in [2.24, 2.45) is 0 Å². The number of halogens is 4. The van der Waals surface area contributed by atoms with Crippen LogP contribution in [0.15, 0.2) is 38.9 Å². The molecule has 3 aliphatic rings. The van der Waals surface area contributed by atoms with E-state index in [-0.39, 0.29) is 46.6 Å². The third-order valence-corrected chi connectivity index (χ3v) is 8.13. The maximum atomic E-state index is 13.0. The average molecular weight is 578 g/mol. The van der Waals surface area contributed by atoms with Gasteiger partial charge in [0.1, 0.15) is 4.90 Å². The van der Waals surface area contributed by atoms with Crippen LogP contribution in [-0.2, 0) is 10.0 Å². The van der Waals surface area contributed by atoms with E-state index in [0.717, 1.165) is 24.4 Å². The SMILES string of the molecule is O=c1[nH]c(=O)n(-c2cc(Cl)c(Oc3cc(S(=O)(=O)NC45CC(O)(C4)C5)c(O)cn3)c(Cl)c2)nc1C(F)F. The Morgan fingerprint density at radius 2 is 1.78 bits per heavy atom. The van der Waals surface area contributed by atoms with Gasteiger partial charge in [0.05, 0.1) is 27.5 Å². The van der Waals surface area contributed by atoms with E-state index in [0.29, 0.717) is 4.68 Å². The smallest absolute Gasteiger partial charge is 0.349 e. The molecule has 3 fully saturated rings. The Labute approximate surface area is 215 Å². The van der Waals surface area contributed by atoms with Crippen LogP contribution in [0.3, 0.4) is 0 Å². The lowest BCUT2D eigenvalue weighted by molar-refractivity contribution is -0.212. The van der Waals surface area contributed by atoms with E-state index >= 15 is 0 Å². The molecule has 0 spiro atoms. The number of alkyl halides is 2. The van der Waals surface area contributed by atoms with E-state index in [2.05, 4.69) is 14.8 Å². The fourth-order valence-corrected chi connectivity index (χ4v) is 6.50. The minimum Gasteiger partial charge on any atom is -0.505 e. The zero-order valence-electron chi connectivity index (χ0n) is 18.2. The highest BCUT2D eigenvalue weighted by Crippen LogP contribution is 2.60. The van der Waals surface area contributed by atoms with Crippen molar-refractivity contribution in [3.8, 4) is 23.1 Å². The summed E-state index contributed by atoms with van der Waals surface area (Å²) in [5.41, 5.74) is -5.49. The van der Waals surface area contributed by atoms with Gasteiger partial charge in [0, 0.05) is 11.6 Å². The van der Waals surface area contributed by atoms with Crippen molar-refractivity contribution < 1.29 is 32.1 Å². The summed E-state index contributed by atoms with van der Waals surface area (Å²) in [7, 11) is -4.23. The van der Waals surface area contributed by atoms with E-state index in [4.69, 9.17) is 27.9 Å². The van der Waals surface area contributed by atoms with Crippen LogP contribution in [-0.4, -0.2) is 49.5 Å². The van der Waals surface area contributed by atoms with Crippen molar-refractivity contribution in [3.05, 3.63) is 61.0 Å². The molecule has 3 saturated carbocycles. The van der Waals surface area contributed by atoms with Crippen LogP contribution >= 0.6 is 23.2 Å². The van der Waals surface area contributed by atoms with Crippen LogP contribution in [0.2, 0.25) is 10.0 Å². The predicted octanol–water partition coefficient (Wildman–Crippen LogP) is 2.00. The van der Waals surface area contributed by atoms with Crippen molar-refractivity contribution in [1.82, 2.24) is 24.5 Å². The van der Waals surface area contributed by atoms with Gasteiger partial charge in [-0.2, -0.15) is 9.78 Å². The average Bonchev–Trinajstić information content (AvgIpc) is 2.75. The molecule has 1 aromatic carbocycles. The van der Waals surface area contributed by atoms with Gasteiger partial charge in [0.25, 0.3) is 12.0 Å². The topological polar surface area (TPSA) is 176 Å². The molecule has 4 N–H and O–H groups in total. The quantitative estimate of drug-likeness (QED) is 0.327. The van der Waals surface area contributed by atoms with Gasteiger partial charge in [-0.25, -0.2) is 31.7 Å². The molecular formula is C20H15Cl2F2N5O7S. The molecule has 0 saturated heterocycles. The Balaban J connectivity index is 1.45. The molecule has 0 aliphatic heterocycles. The maximum Gasteiger partial charge on any atom is 0.349 e. The van der Waals surface area contributed by atoms with E-state index in [9.17, 15) is 37.0 Å². The number of ether oxygens (including phenoxy) is 1. The molecule has 12 nitrogen and oxygen atoms in total. The van der Waals surface area contributed by atoms with Gasteiger partial charge in [-0.15, -0.1) is 0 Å². The highest BCUT2D eigenvalue weighted by atomic mass is 35.5. The molecule has 0 atom stereocenters. The minimum absolute atomic E-state index is 0.183. The number of hydrogen-bond donors (Lipinski definition) is 4. The lowest BCUT2D eigenvalue weighted by atomic mass is 9.47. The number of aromatic hydroxyl groups is 1. The highest BCUT2D eigenvalue weighted by molar-refractivity contribution is 7.89. The highest BCUT2D eigenvalue weighted by Gasteiger charge is 2.68. The second-order valence-corrected chi connectivity index (χ2v) is 11.3. The number of pyridine rings is 1. The number of nitrogens with one attached hydrogen (secondary N) is 2. The number of H-pyrrole nitrogens is 1. The molecular weight excluding hydrogens is 563 g/mol. The normalized spacial score (nSPS) is 22.4. The molecule has 3 aromatic rings. The first-order chi connectivity index (χ1) is 17.2. The number of nitrogens with zero attached hydrogens (tertiary/aromatic N) is 3. The van der Waals surface area contributed by atoms with Crippen LogP contribution in [0.25, 0.3) is 5.69 Å². The van der Waals surface area contributed by atoms with Crippen LogP contribution in [0.1, 0.15) is 31.4 Å². The van der Waals surface area contributed by atoms with Crippen LogP contribution in [0.4, 0.5) is 8.78 Å². The number of aliphatic hydroxyl groups is 1. The van der Waals surface area contributed by atoms with Crippen molar-refractivity contribution in [3.63, 3.8) is 0 Å². The van der Waals surface area contributed by atoms with E-state index < -0.39 is 55.2 Å².